The monoisotopic (exact) mass is 414 g/mol. The van der Waals surface area contributed by atoms with Crippen molar-refractivity contribution in [1.82, 2.24) is 0 Å². The highest BCUT2D eigenvalue weighted by molar-refractivity contribution is 6.36. The molecule has 148 valence electrons. The third-order valence-corrected chi connectivity index (χ3v) is 4.43. The lowest BCUT2D eigenvalue weighted by Gasteiger charge is -2.03. The molecule has 0 aliphatic heterocycles. The van der Waals surface area contributed by atoms with E-state index in [0.29, 0.717) is 21.5 Å². The average Bonchev–Trinajstić information content (AvgIpc) is 3.04. The Morgan fingerprint density at radius 1 is 1.07 bits per heavy atom. The van der Waals surface area contributed by atoms with Crippen molar-refractivity contribution in [2.75, 3.05) is 5.32 Å². The molecule has 0 aliphatic carbocycles. The zero-order chi connectivity index (χ0) is 21.1. The predicted octanol–water partition coefficient (Wildman–Crippen LogP) is 2.76. The molecule has 0 unspecified atom stereocenters. The summed E-state index contributed by atoms with van der Waals surface area (Å²) in [7, 11) is 0. The van der Waals surface area contributed by atoms with Gasteiger partial charge in [0.15, 0.2) is 5.76 Å². The number of aliphatic carboxylic acids is 1. The van der Waals surface area contributed by atoms with Crippen molar-refractivity contribution in [3.63, 3.8) is 0 Å². The minimum atomic E-state index is -1.63. The third kappa shape index (κ3) is 4.44. The van der Waals surface area contributed by atoms with Crippen molar-refractivity contribution in [3.05, 3.63) is 64.4 Å². The number of halogens is 1. The van der Waals surface area contributed by atoms with Crippen molar-refractivity contribution in [2.24, 2.45) is 5.73 Å². The summed E-state index contributed by atoms with van der Waals surface area (Å²) in [6.07, 6.45) is 0.185. The molecular weight excluding hydrogens is 400 g/mol. The summed E-state index contributed by atoms with van der Waals surface area (Å²) < 4.78 is 5.73. The fourth-order valence-corrected chi connectivity index (χ4v) is 2.95. The van der Waals surface area contributed by atoms with Gasteiger partial charge in [-0.2, -0.15) is 0 Å². The molecule has 0 spiro atoms. The number of primary amides is 1. The molecule has 1 aromatic heterocycles. The number of carboxylic acid groups (broad SMARTS) is 1. The van der Waals surface area contributed by atoms with E-state index in [1.54, 1.807) is 30.3 Å². The van der Waals surface area contributed by atoms with Crippen molar-refractivity contribution >= 4 is 51.8 Å². The number of hydrogen-bond acceptors (Lipinski definition) is 5. The van der Waals surface area contributed by atoms with Gasteiger partial charge in [0.2, 0.25) is 11.7 Å². The van der Waals surface area contributed by atoms with Crippen LogP contribution in [0.5, 0.6) is 0 Å². The number of aryl methyl sites for hydroxylation is 1. The van der Waals surface area contributed by atoms with Crippen molar-refractivity contribution < 1.29 is 28.7 Å². The standard InChI is InChI=1S/C20H15ClN2O6/c21-11-3-1-10(2-4-11)17(25)18-14(7-8-16(22)24)13-6-5-12(9-15(13)29-18)23-19(26)20(27)28/h1-6,9H,7-8H2,(H2,22,24)(H,23,26)(H,27,28). The predicted molar refractivity (Wildman–Crippen MR) is 105 cm³/mol. The van der Waals surface area contributed by atoms with Gasteiger partial charge in [-0.25, -0.2) is 4.79 Å². The molecule has 0 atom stereocenters. The average molecular weight is 415 g/mol. The molecule has 0 saturated carbocycles. The number of nitrogens with two attached hydrogens (primary N) is 1. The highest BCUT2D eigenvalue weighted by atomic mass is 35.5. The van der Waals surface area contributed by atoms with E-state index in [-0.39, 0.29) is 29.9 Å². The molecule has 0 fully saturated rings. The molecule has 0 aliphatic rings. The first kappa shape index (κ1) is 20.1. The fourth-order valence-electron chi connectivity index (χ4n) is 2.82. The number of hydrogen-bond donors (Lipinski definition) is 3. The highest BCUT2D eigenvalue weighted by Gasteiger charge is 2.23. The van der Waals surface area contributed by atoms with Crippen LogP contribution in [0, 0.1) is 0 Å². The van der Waals surface area contributed by atoms with Gasteiger partial charge < -0.3 is 20.6 Å². The number of carboxylic acids is 1. The van der Waals surface area contributed by atoms with E-state index in [2.05, 4.69) is 5.32 Å². The number of fused-ring (bicyclic) bond motifs is 1. The van der Waals surface area contributed by atoms with Gasteiger partial charge in [0.05, 0.1) is 0 Å². The topological polar surface area (TPSA) is 140 Å². The number of carbonyl (C=O) groups excluding carboxylic acids is 3. The lowest BCUT2D eigenvalue weighted by molar-refractivity contribution is -0.147. The number of furan rings is 1. The Bertz CT molecular complexity index is 1130. The van der Waals surface area contributed by atoms with Crippen LogP contribution < -0.4 is 11.1 Å². The zero-order valence-corrected chi connectivity index (χ0v) is 15.7. The van der Waals surface area contributed by atoms with Crippen LogP contribution in [0.4, 0.5) is 5.69 Å². The van der Waals surface area contributed by atoms with E-state index in [1.165, 1.54) is 12.1 Å². The molecule has 29 heavy (non-hydrogen) atoms. The Labute approximate surface area is 169 Å². The second-order valence-electron chi connectivity index (χ2n) is 6.18. The summed E-state index contributed by atoms with van der Waals surface area (Å²) in [5.74, 6) is -3.75. The molecule has 0 bridgehead atoms. The van der Waals surface area contributed by atoms with Crippen LogP contribution >= 0.6 is 11.6 Å². The second kappa shape index (κ2) is 8.15. The van der Waals surface area contributed by atoms with Gasteiger partial charge in [0.25, 0.3) is 0 Å². The van der Waals surface area contributed by atoms with Crippen LogP contribution in [0.1, 0.15) is 28.1 Å². The molecule has 2 aromatic carbocycles. The van der Waals surface area contributed by atoms with Crippen LogP contribution in [0.25, 0.3) is 11.0 Å². The first-order valence-electron chi connectivity index (χ1n) is 8.44. The van der Waals surface area contributed by atoms with Crippen molar-refractivity contribution in [1.29, 1.82) is 0 Å². The quantitative estimate of drug-likeness (QED) is 0.418. The van der Waals surface area contributed by atoms with E-state index in [0.717, 1.165) is 0 Å². The third-order valence-electron chi connectivity index (χ3n) is 4.18. The van der Waals surface area contributed by atoms with Gasteiger partial charge in [0, 0.05) is 39.7 Å². The fraction of sp³-hybridized carbons (Fsp3) is 0.100. The van der Waals surface area contributed by atoms with E-state index in [4.69, 9.17) is 26.9 Å². The van der Waals surface area contributed by atoms with Crippen molar-refractivity contribution in [2.45, 2.75) is 12.8 Å². The van der Waals surface area contributed by atoms with Crippen LogP contribution in [-0.4, -0.2) is 28.7 Å². The van der Waals surface area contributed by atoms with Crippen LogP contribution in [0.2, 0.25) is 5.02 Å². The number of nitrogens with one attached hydrogen (secondary N) is 1. The molecule has 0 radical (unpaired) electrons. The van der Waals surface area contributed by atoms with Crippen LogP contribution in [0.3, 0.4) is 0 Å². The maximum Gasteiger partial charge on any atom is 0.394 e. The first-order valence-corrected chi connectivity index (χ1v) is 8.82. The molecule has 1 heterocycles. The smallest absolute Gasteiger partial charge is 0.394 e. The number of benzene rings is 2. The molecule has 3 rings (SSSR count). The van der Waals surface area contributed by atoms with Crippen molar-refractivity contribution in [3.8, 4) is 0 Å². The Hall–Kier alpha value is -3.65. The minimum Gasteiger partial charge on any atom is -0.474 e. The summed E-state index contributed by atoms with van der Waals surface area (Å²) in [5.41, 5.74) is 6.52. The van der Waals surface area contributed by atoms with E-state index < -0.39 is 23.6 Å². The van der Waals surface area contributed by atoms with E-state index in [9.17, 15) is 19.2 Å². The van der Waals surface area contributed by atoms with E-state index in [1.807, 2.05) is 0 Å². The zero-order valence-electron chi connectivity index (χ0n) is 14.9. The summed E-state index contributed by atoms with van der Waals surface area (Å²) >= 11 is 5.86. The van der Waals surface area contributed by atoms with Gasteiger partial charge in [-0.3, -0.25) is 14.4 Å². The summed E-state index contributed by atoms with van der Waals surface area (Å²) in [4.78, 5) is 46.3. The number of amides is 2. The Morgan fingerprint density at radius 2 is 1.76 bits per heavy atom. The number of anilines is 1. The van der Waals surface area contributed by atoms with Gasteiger partial charge in [-0.1, -0.05) is 11.6 Å². The largest absolute Gasteiger partial charge is 0.474 e. The van der Waals surface area contributed by atoms with Gasteiger partial charge in [-0.15, -0.1) is 0 Å². The van der Waals surface area contributed by atoms with Gasteiger partial charge in [-0.05, 0) is 42.8 Å². The minimum absolute atomic E-state index is 0.00698. The van der Waals surface area contributed by atoms with E-state index >= 15 is 0 Å². The highest BCUT2D eigenvalue weighted by Crippen LogP contribution is 2.31. The molecule has 4 N–H and O–H groups in total. The summed E-state index contributed by atoms with van der Waals surface area (Å²) in [6.45, 7) is 0. The van der Waals surface area contributed by atoms with Gasteiger partial charge >= 0.3 is 11.9 Å². The molecule has 3 aromatic rings. The Kier molecular flexibility index (Phi) is 5.65. The molecule has 2 amide bonds. The number of ketones is 1. The summed E-state index contributed by atoms with van der Waals surface area (Å²) in [5, 5.41) is 11.9. The van der Waals surface area contributed by atoms with Crippen LogP contribution in [-0.2, 0) is 20.8 Å². The number of carbonyl (C=O) groups is 4. The Morgan fingerprint density at radius 3 is 2.38 bits per heavy atom. The SMILES string of the molecule is NC(=O)CCc1c(C(=O)c2ccc(Cl)cc2)oc2cc(NC(=O)C(=O)O)ccc12. The molecule has 9 heteroatoms. The lowest BCUT2D eigenvalue weighted by Crippen LogP contribution is -2.21. The lowest BCUT2D eigenvalue weighted by atomic mass is 10.00. The normalized spacial score (nSPS) is 10.7. The summed E-state index contributed by atoms with van der Waals surface area (Å²) in [6, 6.07) is 10.7. The molecule has 8 nitrogen and oxygen atoms in total. The number of rotatable bonds is 6. The second-order valence-corrected chi connectivity index (χ2v) is 6.62. The Balaban J connectivity index is 2.06. The maximum absolute atomic E-state index is 12.9. The van der Waals surface area contributed by atoms with Gasteiger partial charge in [0.1, 0.15) is 5.58 Å². The molecular formula is C20H15ClN2O6. The maximum atomic E-state index is 12.9. The van der Waals surface area contributed by atoms with Crippen LogP contribution in [0.15, 0.2) is 46.9 Å². The first-order chi connectivity index (χ1) is 13.8. The molecule has 0 saturated heterocycles.